The van der Waals surface area contributed by atoms with E-state index < -0.39 is 4.92 Å². The van der Waals surface area contributed by atoms with Crippen molar-refractivity contribution in [3.8, 4) is 0 Å². The molecule has 3 aromatic rings. The molecule has 6 nitrogen and oxygen atoms in total. The maximum absolute atomic E-state index is 11.0. The SMILES string of the molecule is Nc1nc(Sc2ccccc2[N+](=O)[O-])c2ccsc2n1. The number of fused-ring (bicyclic) bond motifs is 1. The van der Waals surface area contributed by atoms with E-state index in [2.05, 4.69) is 9.97 Å². The Morgan fingerprint density at radius 1 is 1.25 bits per heavy atom. The predicted molar refractivity (Wildman–Crippen MR) is 79.0 cm³/mol. The number of anilines is 1. The van der Waals surface area contributed by atoms with Crippen LogP contribution >= 0.6 is 23.1 Å². The first-order valence-electron chi connectivity index (χ1n) is 5.57. The second-order valence-corrected chi connectivity index (χ2v) is 5.78. The third-order valence-electron chi connectivity index (χ3n) is 2.58. The monoisotopic (exact) mass is 304 g/mol. The van der Waals surface area contributed by atoms with Crippen molar-refractivity contribution in [2.45, 2.75) is 9.92 Å². The lowest BCUT2D eigenvalue weighted by Crippen LogP contribution is -1.96. The van der Waals surface area contributed by atoms with Gasteiger partial charge in [0.15, 0.2) is 0 Å². The minimum absolute atomic E-state index is 0.0538. The van der Waals surface area contributed by atoms with Gasteiger partial charge in [0.25, 0.3) is 5.69 Å². The summed E-state index contributed by atoms with van der Waals surface area (Å²) in [6, 6.07) is 8.44. The van der Waals surface area contributed by atoms with Gasteiger partial charge in [0.05, 0.1) is 9.82 Å². The van der Waals surface area contributed by atoms with E-state index >= 15 is 0 Å². The van der Waals surface area contributed by atoms with E-state index in [0.717, 1.165) is 10.2 Å². The van der Waals surface area contributed by atoms with Gasteiger partial charge in [-0.2, -0.15) is 0 Å². The Morgan fingerprint density at radius 2 is 2.05 bits per heavy atom. The number of para-hydroxylation sites is 1. The molecule has 0 fully saturated rings. The van der Waals surface area contributed by atoms with Crippen LogP contribution in [0.2, 0.25) is 0 Å². The predicted octanol–water partition coefficient (Wildman–Crippen LogP) is 3.33. The lowest BCUT2D eigenvalue weighted by Gasteiger charge is -2.04. The molecule has 20 heavy (non-hydrogen) atoms. The van der Waals surface area contributed by atoms with Gasteiger partial charge in [-0.1, -0.05) is 23.9 Å². The number of hydrogen-bond acceptors (Lipinski definition) is 7. The largest absolute Gasteiger partial charge is 0.368 e. The molecule has 1 aromatic carbocycles. The van der Waals surface area contributed by atoms with E-state index in [-0.39, 0.29) is 11.6 Å². The molecule has 0 unspecified atom stereocenters. The molecule has 0 spiro atoms. The highest BCUT2D eigenvalue weighted by atomic mass is 32.2. The van der Waals surface area contributed by atoms with Crippen LogP contribution in [-0.2, 0) is 0 Å². The minimum Gasteiger partial charge on any atom is -0.368 e. The maximum atomic E-state index is 11.0. The number of benzene rings is 1. The molecule has 8 heteroatoms. The zero-order valence-electron chi connectivity index (χ0n) is 10.0. The number of hydrogen-bond donors (Lipinski definition) is 1. The highest BCUT2D eigenvalue weighted by molar-refractivity contribution is 7.99. The summed E-state index contributed by atoms with van der Waals surface area (Å²) in [6.07, 6.45) is 0. The molecule has 3 rings (SSSR count). The minimum atomic E-state index is -0.405. The fraction of sp³-hybridized carbons (Fsp3) is 0. The average Bonchev–Trinajstić information content (AvgIpc) is 2.87. The van der Waals surface area contributed by atoms with Crippen LogP contribution < -0.4 is 5.73 Å². The topological polar surface area (TPSA) is 94.9 Å². The van der Waals surface area contributed by atoms with Gasteiger partial charge in [-0.25, -0.2) is 9.97 Å². The summed E-state index contributed by atoms with van der Waals surface area (Å²) in [5, 5.41) is 14.4. The maximum Gasteiger partial charge on any atom is 0.283 e. The van der Waals surface area contributed by atoms with Gasteiger partial charge in [0, 0.05) is 11.5 Å². The van der Waals surface area contributed by atoms with Gasteiger partial charge in [-0.05, 0) is 17.5 Å². The quantitative estimate of drug-likeness (QED) is 0.453. The van der Waals surface area contributed by atoms with E-state index in [1.165, 1.54) is 29.2 Å². The summed E-state index contributed by atoms with van der Waals surface area (Å²) >= 11 is 2.68. The fourth-order valence-corrected chi connectivity index (χ4v) is 3.57. The Hall–Kier alpha value is -2.19. The normalized spacial score (nSPS) is 10.8. The summed E-state index contributed by atoms with van der Waals surface area (Å²) < 4.78 is 0. The van der Waals surface area contributed by atoms with Gasteiger partial charge in [0.2, 0.25) is 5.95 Å². The summed E-state index contributed by atoms with van der Waals surface area (Å²) in [5.74, 6) is 0.168. The Bertz CT molecular complexity index is 803. The van der Waals surface area contributed by atoms with Crippen molar-refractivity contribution in [2.75, 3.05) is 5.73 Å². The molecule has 2 heterocycles. The summed E-state index contributed by atoms with van der Waals surface area (Å²) in [5.41, 5.74) is 5.73. The molecule has 0 saturated heterocycles. The Labute approximate surface area is 121 Å². The van der Waals surface area contributed by atoms with Gasteiger partial charge in [-0.15, -0.1) is 11.3 Å². The van der Waals surface area contributed by atoms with Crippen molar-refractivity contribution in [1.29, 1.82) is 0 Å². The van der Waals surface area contributed by atoms with E-state index in [1.807, 2.05) is 11.4 Å². The molecule has 0 saturated carbocycles. The summed E-state index contributed by atoms with van der Waals surface area (Å²) in [7, 11) is 0. The van der Waals surface area contributed by atoms with Gasteiger partial charge < -0.3 is 5.73 Å². The van der Waals surface area contributed by atoms with Crippen molar-refractivity contribution in [2.24, 2.45) is 0 Å². The van der Waals surface area contributed by atoms with Crippen molar-refractivity contribution < 1.29 is 4.92 Å². The first-order chi connectivity index (χ1) is 9.65. The van der Waals surface area contributed by atoms with E-state index in [4.69, 9.17) is 5.73 Å². The highest BCUT2D eigenvalue weighted by Gasteiger charge is 2.16. The number of nitrogens with zero attached hydrogens (tertiary/aromatic N) is 3. The molecule has 0 atom stereocenters. The smallest absolute Gasteiger partial charge is 0.283 e. The zero-order valence-corrected chi connectivity index (χ0v) is 11.6. The summed E-state index contributed by atoms with van der Waals surface area (Å²) in [6.45, 7) is 0. The van der Waals surface area contributed by atoms with Crippen molar-refractivity contribution in [1.82, 2.24) is 9.97 Å². The van der Waals surface area contributed by atoms with Crippen molar-refractivity contribution in [3.05, 3.63) is 45.8 Å². The van der Waals surface area contributed by atoms with Crippen LogP contribution in [0.5, 0.6) is 0 Å². The Kier molecular flexibility index (Phi) is 3.25. The van der Waals surface area contributed by atoms with Crippen LogP contribution in [0.3, 0.4) is 0 Å². The standard InChI is InChI=1S/C12H8N4O2S2/c13-12-14-10-7(5-6-19-10)11(15-12)20-9-4-2-1-3-8(9)16(17)18/h1-6H,(H2,13,14,15). The number of nitrogen functional groups attached to an aromatic ring is 1. The number of nitrogens with two attached hydrogens (primary N) is 1. The fourth-order valence-electron chi connectivity index (χ4n) is 1.72. The number of aromatic nitrogens is 2. The second-order valence-electron chi connectivity index (χ2n) is 3.85. The molecule has 2 N–H and O–H groups in total. The molecule has 2 aromatic heterocycles. The van der Waals surface area contributed by atoms with E-state index in [9.17, 15) is 10.1 Å². The van der Waals surface area contributed by atoms with Crippen molar-refractivity contribution >= 4 is 45.0 Å². The van der Waals surface area contributed by atoms with Gasteiger partial charge in [-0.3, -0.25) is 10.1 Å². The summed E-state index contributed by atoms with van der Waals surface area (Å²) in [4.78, 5) is 20.2. The zero-order chi connectivity index (χ0) is 14.1. The lowest BCUT2D eigenvalue weighted by atomic mass is 10.3. The third-order valence-corrected chi connectivity index (χ3v) is 4.45. The average molecular weight is 304 g/mol. The van der Waals surface area contributed by atoms with Crippen LogP contribution in [0.15, 0.2) is 45.6 Å². The molecule has 0 radical (unpaired) electrons. The second kappa shape index (κ2) is 5.06. The molecule has 0 amide bonds. The molecular formula is C12H8N4O2S2. The van der Waals surface area contributed by atoms with Crippen molar-refractivity contribution in [3.63, 3.8) is 0 Å². The van der Waals surface area contributed by atoms with Gasteiger partial charge in [0.1, 0.15) is 9.86 Å². The number of nitro benzene ring substituents is 1. The van der Waals surface area contributed by atoms with Gasteiger partial charge >= 0.3 is 0 Å². The number of nitro groups is 1. The molecule has 0 bridgehead atoms. The highest BCUT2D eigenvalue weighted by Crippen LogP contribution is 2.37. The van der Waals surface area contributed by atoms with Crippen LogP contribution in [-0.4, -0.2) is 14.9 Å². The first kappa shape index (κ1) is 12.8. The first-order valence-corrected chi connectivity index (χ1v) is 7.27. The van der Waals surface area contributed by atoms with Crippen LogP contribution in [0.4, 0.5) is 11.6 Å². The van der Waals surface area contributed by atoms with E-state index in [1.54, 1.807) is 18.2 Å². The number of thiophene rings is 1. The van der Waals surface area contributed by atoms with E-state index in [0.29, 0.717) is 9.92 Å². The van der Waals surface area contributed by atoms with Crippen LogP contribution in [0.25, 0.3) is 10.2 Å². The molecule has 0 aliphatic heterocycles. The molecular weight excluding hydrogens is 296 g/mol. The molecule has 0 aliphatic carbocycles. The van der Waals surface area contributed by atoms with Crippen LogP contribution in [0, 0.1) is 10.1 Å². The Balaban J connectivity index is 2.10. The lowest BCUT2D eigenvalue weighted by molar-refractivity contribution is -0.387. The molecule has 100 valence electrons. The number of rotatable bonds is 3. The Morgan fingerprint density at radius 3 is 2.85 bits per heavy atom. The molecule has 0 aliphatic rings. The third kappa shape index (κ3) is 2.30. The van der Waals surface area contributed by atoms with Crippen LogP contribution in [0.1, 0.15) is 0 Å².